The molecule has 0 aliphatic heterocycles. The van der Waals surface area contributed by atoms with Crippen molar-refractivity contribution in [3.8, 4) is 0 Å². The molecule has 73 heavy (non-hydrogen) atoms. The largest absolute Gasteiger partial charge is 3.00 e. The van der Waals surface area contributed by atoms with Gasteiger partial charge in [0.25, 0.3) is 0 Å². The Morgan fingerprint density at radius 1 is 0.370 bits per heavy atom. The van der Waals surface area contributed by atoms with Crippen LogP contribution >= 0.6 is 23.2 Å². The van der Waals surface area contributed by atoms with Gasteiger partial charge in [0.2, 0.25) is 0 Å². The smallest absolute Gasteiger partial charge is 0.674 e. The number of benzene rings is 4. The van der Waals surface area contributed by atoms with Crippen LogP contribution in [0.15, 0.2) is 109 Å². The van der Waals surface area contributed by atoms with Crippen LogP contribution in [0.2, 0.25) is 0 Å². The first-order valence-electron chi connectivity index (χ1n) is 22.8. The second-order valence-electron chi connectivity index (χ2n) is 19.0. The van der Waals surface area contributed by atoms with Crippen LogP contribution in [0, 0.1) is 86.0 Å². The summed E-state index contributed by atoms with van der Waals surface area (Å²) in [6, 6.07) is 37.6. The van der Waals surface area contributed by atoms with Crippen LogP contribution in [0.25, 0.3) is 21.3 Å². The Hall–Kier alpha value is -5.63. The molecule has 6 rings (SSSR count). The van der Waals surface area contributed by atoms with Crippen LogP contribution in [-0.2, 0) is 55.7 Å². The van der Waals surface area contributed by atoms with Gasteiger partial charge in [-0.15, -0.1) is 46.0 Å². The van der Waals surface area contributed by atoms with Gasteiger partial charge in [0.1, 0.15) is 0 Å². The summed E-state index contributed by atoms with van der Waals surface area (Å²) in [4.78, 5) is 26.6. The average Bonchev–Trinajstić information content (AvgIpc) is 3.27. The Bertz CT molecular complexity index is 2290. The summed E-state index contributed by atoms with van der Waals surface area (Å²) >= 11 is 9.53. The second-order valence-corrected chi connectivity index (χ2v) is 19.8. The number of para-hydroxylation sites is 4. The van der Waals surface area contributed by atoms with Crippen LogP contribution in [0.4, 0.5) is 22.7 Å². The fourth-order valence-corrected chi connectivity index (χ4v) is 7.51. The molecule has 0 bridgehead atoms. The summed E-state index contributed by atoms with van der Waals surface area (Å²) < 4.78 is 0. The van der Waals surface area contributed by atoms with E-state index in [2.05, 4.69) is 220 Å². The Kier molecular flexibility index (Phi) is 27.6. The van der Waals surface area contributed by atoms with E-state index in [0.717, 1.165) is 45.5 Å². The third-order valence-corrected chi connectivity index (χ3v) is 11.3. The first-order chi connectivity index (χ1) is 32.9. The number of alkyl halides is 2. The van der Waals surface area contributed by atoms with Crippen molar-refractivity contribution in [2.75, 3.05) is 5.34 Å². The van der Waals surface area contributed by atoms with E-state index in [-0.39, 0.29) is 38.9 Å². The third-order valence-electron chi connectivity index (χ3n) is 11.3. The van der Waals surface area contributed by atoms with Crippen molar-refractivity contribution in [2.45, 2.75) is 133 Å². The molecule has 0 N–H and O–H groups in total. The number of rotatable bonds is 12. The quantitative estimate of drug-likeness (QED) is 0.0651. The van der Waals surface area contributed by atoms with Crippen molar-refractivity contribution in [3.63, 3.8) is 0 Å². The maximum absolute atomic E-state index is 8.25. The monoisotopic (exact) mass is 1120 g/mol. The third kappa shape index (κ3) is 21.0. The molecule has 2 heterocycles. The van der Waals surface area contributed by atoms with E-state index in [9.17, 15) is 0 Å². The van der Waals surface area contributed by atoms with Crippen molar-refractivity contribution >= 4 is 46.0 Å². The summed E-state index contributed by atoms with van der Waals surface area (Å²) in [6.45, 7) is 33.9. The zero-order chi connectivity index (χ0) is 54.1. The second kappa shape index (κ2) is 29.9. The van der Waals surface area contributed by atoms with Crippen LogP contribution in [0.3, 0.4) is 0 Å². The first-order valence-corrected chi connectivity index (χ1v) is 23.8. The molecule has 0 saturated carbocycles. The molecule has 18 heteroatoms. The molecule has 2 aromatic heterocycles. The molecule has 0 fully saturated rings. The number of halogens is 2. The molecule has 0 saturated heterocycles. The van der Waals surface area contributed by atoms with Gasteiger partial charge in [-0.25, -0.2) is 0 Å². The molecular weight excluding hydrogens is 1060 g/mol. The molecule has 0 atom stereocenters. The van der Waals surface area contributed by atoms with Gasteiger partial charge in [0, 0.05) is 22.8 Å². The molecule has 0 radical (unpaired) electrons. The van der Waals surface area contributed by atoms with Crippen molar-refractivity contribution in [2.24, 2.45) is 0 Å². The predicted octanol–water partition coefficient (Wildman–Crippen LogP) is 17.3. The average molecular weight is 1130 g/mol. The Labute approximate surface area is 463 Å². The van der Waals surface area contributed by atoms with Crippen LogP contribution in [0.5, 0.6) is 0 Å². The van der Waals surface area contributed by atoms with Crippen molar-refractivity contribution in [1.29, 1.82) is 0 Å². The summed E-state index contributed by atoms with van der Waals surface area (Å²) in [5, 5.41) is 50.1. The van der Waals surface area contributed by atoms with E-state index >= 15 is 0 Å². The number of nitrogens with zero attached hydrogens (tertiary/aromatic N) is 8. The summed E-state index contributed by atoms with van der Waals surface area (Å²) in [7, 11) is 0. The van der Waals surface area contributed by atoms with Gasteiger partial charge in [-0.1, -0.05) is 207 Å². The maximum Gasteiger partial charge on any atom is 3.00 e. The standard InChI is InChI=1S/2C27H33N3.CH2Cl2.2Co.2NO3/c2*1-18-12-9-13-19(2)24(18)29-26(5,6)22-16-11-17-23(28-22)27(7,8)30-25-20(3)14-10-15-21(25)4;2-1-3;;;2*2-1(3)4/h2*9-17H,1-8H3;1H2;;;;/q2*-2;;2*+3;2*-1. The van der Waals surface area contributed by atoms with Gasteiger partial charge in [0.05, 0.1) is 15.5 Å². The Balaban J connectivity index is 0.00000115. The molecule has 0 unspecified atom stereocenters. The Morgan fingerprint density at radius 2 is 0.493 bits per heavy atom. The van der Waals surface area contributed by atoms with E-state index in [1.54, 1.807) is 0 Å². The normalized spacial score (nSPS) is 10.8. The molecular formula is C55H68Cl2Co2N8O6. The number of aromatic nitrogens is 2. The van der Waals surface area contributed by atoms with Gasteiger partial charge in [0.15, 0.2) is 0 Å². The van der Waals surface area contributed by atoms with Gasteiger partial charge in [-0.05, 0) is 79.7 Å². The molecule has 396 valence electrons. The summed E-state index contributed by atoms with van der Waals surface area (Å²) in [5.74, 6) is 0. The van der Waals surface area contributed by atoms with E-state index in [0.29, 0.717) is 0 Å². The van der Waals surface area contributed by atoms with Crippen molar-refractivity contribution in [3.05, 3.63) is 228 Å². The van der Waals surface area contributed by atoms with Gasteiger partial charge in [-0.2, -0.15) is 0 Å². The number of pyridine rings is 2. The number of hydrogen-bond donors (Lipinski definition) is 0. The molecule has 0 aliphatic rings. The SMILES string of the molecule is Cc1cccc(C)c1[N-]C(C)(C)c1cccc(C(C)(C)[N-]c2c(C)cccc2C)n1.Cc1cccc(C)c1[N-]C(C)(C)c1cccc(C(C)(C)[N-]c2c(C)cccc2C)n1.ClCCl.O=[N+]([O-])[O-].O=[N+]([O-])[O-].[Co+3].[Co+3]. The number of aryl methyl sites for hydroxylation is 8. The minimum atomic E-state index is -1.75. The van der Waals surface area contributed by atoms with Gasteiger partial charge in [-0.3, -0.25) is 9.97 Å². The fraction of sp³-hybridized carbons (Fsp3) is 0.382. The topological polar surface area (TPSA) is 215 Å². The zero-order valence-corrected chi connectivity index (χ0v) is 48.1. The van der Waals surface area contributed by atoms with Crippen LogP contribution in [-0.4, -0.2) is 25.5 Å². The minimum Gasteiger partial charge on any atom is -0.674 e. The molecule has 4 aromatic carbocycles. The van der Waals surface area contributed by atoms with Crippen molar-refractivity contribution < 1.29 is 43.7 Å². The van der Waals surface area contributed by atoms with E-state index in [1.165, 1.54) is 44.5 Å². The molecule has 0 aliphatic carbocycles. The summed E-state index contributed by atoms with van der Waals surface area (Å²) in [5.41, 5.74) is 15.7. The van der Waals surface area contributed by atoms with E-state index in [4.69, 9.17) is 85.1 Å². The van der Waals surface area contributed by atoms with E-state index < -0.39 is 32.3 Å². The predicted molar refractivity (Wildman–Crippen MR) is 294 cm³/mol. The molecule has 0 amide bonds. The summed E-state index contributed by atoms with van der Waals surface area (Å²) in [6.07, 6.45) is 0. The molecule has 0 spiro atoms. The van der Waals surface area contributed by atoms with E-state index in [1.807, 2.05) is 0 Å². The Morgan fingerprint density at radius 3 is 0.630 bits per heavy atom. The number of hydrogen-bond acceptors (Lipinski definition) is 8. The fourth-order valence-electron chi connectivity index (χ4n) is 7.51. The zero-order valence-electron chi connectivity index (χ0n) is 44.5. The molecule has 6 aromatic rings. The minimum absolute atomic E-state index is 0. The van der Waals surface area contributed by atoms with Crippen LogP contribution < -0.4 is 0 Å². The van der Waals surface area contributed by atoms with Crippen LogP contribution in [0.1, 0.15) is 123 Å². The van der Waals surface area contributed by atoms with Crippen molar-refractivity contribution in [1.82, 2.24) is 9.97 Å². The first kappa shape index (κ1) is 67.4. The van der Waals surface area contributed by atoms with Gasteiger partial charge >= 0.3 is 33.6 Å². The molecule has 14 nitrogen and oxygen atoms in total. The van der Waals surface area contributed by atoms with Gasteiger partial charge < -0.3 is 51.9 Å². The maximum atomic E-state index is 8.25.